The van der Waals surface area contributed by atoms with Crippen LogP contribution in [0, 0.1) is 0 Å². The van der Waals surface area contributed by atoms with Crippen LogP contribution >= 0.6 is 0 Å². The maximum Gasteiger partial charge on any atom is 0.220 e. The third-order valence-corrected chi connectivity index (χ3v) is 11.1. The quantitative estimate of drug-likeness (QED) is 0.0331. The minimum absolute atomic E-state index is 0.257. The van der Waals surface area contributed by atoms with Crippen LogP contribution in [0.1, 0.15) is 149 Å². The van der Waals surface area contributed by atoms with Gasteiger partial charge >= 0.3 is 0 Å². The molecule has 0 spiro atoms. The maximum absolute atomic E-state index is 13.1. The van der Waals surface area contributed by atoms with Crippen LogP contribution in [0.15, 0.2) is 36.5 Å². The predicted octanol–water partition coefficient (Wildman–Crippen LogP) is 4.37. The van der Waals surface area contributed by atoms with Gasteiger partial charge in [-0.05, 0) is 38.5 Å². The first-order valence-electron chi connectivity index (χ1n) is 22.7. The maximum atomic E-state index is 13.1. The molecule has 9 N–H and O–H groups in total. The highest BCUT2D eigenvalue weighted by molar-refractivity contribution is 5.76. The van der Waals surface area contributed by atoms with Crippen molar-refractivity contribution in [3.8, 4) is 0 Å². The van der Waals surface area contributed by atoms with Gasteiger partial charge in [0.2, 0.25) is 5.91 Å². The van der Waals surface area contributed by atoms with E-state index in [1.807, 2.05) is 6.08 Å². The van der Waals surface area contributed by atoms with Crippen molar-refractivity contribution in [1.82, 2.24) is 5.32 Å². The van der Waals surface area contributed by atoms with Crippen molar-refractivity contribution >= 4 is 5.91 Å². The molecule has 1 amide bonds. The number of carbonyl (C=O) groups excluding carboxylic acids is 1. The molecule has 12 atom stereocenters. The number of carbonyl (C=O) groups is 1. The van der Waals surface area contributed by atoms with Gasteiger partial charge in [0.1, 0.15) is 48.8 Å². The van der Waals surface area contributed by atoms with Crippen LogP contribution < -0.4 is 5.32 Å². The summed E-state index contributed by atoms with van der Waals surface area (Å²) in [6.45, 7) is 2.67. The summed E-state index contributed by atoms with van der Waals surface area (Å²) in [6.07, 6.45) is 17.7. The zero-order chi connectivity index (χ0) is 43.3. The Hall–Kier alpha value is -1.79. The van der Waals surface area contributed by atoms with Gasteiger partial charge in [-0.15, -0.1) is 0 Å². The lowest BCUT2D eigenvalue weighted by molar-refractivity contribution is -0.359. The molecule has 2 saturated heterocycles. The molecule has 0 saturated carbocycles. The second-order valence-corrected chi connectivity index (χ2v) is 16.2. The summed E-state index contributed by atoms with van der Waals surface area (Å²) in [4.78, 5) is 13.1. The molecule has 14 heteroatoms. The van der Waals surface area contributed by atoms with E-state index < -0.39 is 86.8 Å². The Morgan fingerprint density at radius 2 is 1.08 bits per heavy atom. The van der Waals surface area contributed by atoms with Crippen LogP contribution in [0.5, 0.6) is 0 Å². The molecular weight excluding hydrogens is 762 g/mol. The number of aliphatic hydroxyl groups excluding tert-OH is 8. The Kier molecular flexibility index (Phi) is 29.7. The van der Waals surface area contributed by atoms with Crippen LogP contribution in [0.3, 0.4) is 0 Å². The van der Waals surface area contributed by atoms with E-state index in [-0.39, 0.29) is 18.9 Å². The van der Waals surface area contributed by atoms with Gasteiger partial charge in [-0.1, -0.05) is 140 Å². The zero-order valence-electron chi connectivity index (χ0n) is 36.0. The van der Waals surface area contributed by atoms with Gasteiger partial charge in [-0.3, -0.25) is 4.79 Å². The fourth-order valence-electron chi connectivity index (χ4n) is 7.25. The SMILES string of the molecule is CCCC/C=C/CC/C=C/CC/C=C/C(O)C(COC1OC(CO)C(OC2OC(CO)C(O)C(O)C2O)C(O)C1O)NC(=O)CCCCCCCCCCCCCCC. The van der Waals surface area contributed by atoms with E-state index in [0.717, 1.165) is 44.9 Å². The van der Waals surface area contributed by atoms with Gasteiger partial charge in [0, 0.05) is 6.42 Å². The number of aliphatic hydroxyl groups is 8. The molecule has 2 heterocycles. The molecule has 2 rings (SSSR count). The van der Waals surface area contributed by atoms with Crippen molar-refractivity contribution in [3.05, 3.63) is 36.5 Å². The smallest absolute Gasteiger partial charge is 0.220 e. The van der Waals surface area contributed by atoms with E-state index >= 15 is 0 Å². The summed E-state index contributed by atoms with van der Waals surface area (Å²) in [5.41, 5.74) is 0. The summed E-state index contributed by atoms with van der Waals surface area (Å²) in [5, 5.41) is 86.3. The van der Waals surface area contributed by atoms with Crippen molar-refractivity contribution in [3.63, 3.8) is 0 Å². The van der Waals surface area contributed by atoms with Gasteiger partial charge < -0.3 is 65.1 Å². The van der Waals surface area contributed by atoms with Crippen LogP contribution in [0.25, 0.3) is 0 Å². The molecule has 0 aromatic rings. The van der Waals surface area contributed by atoms with Crippen molar-refractivity contribution in [2.45, 2.75) is 222 Å². The predicted molar refractivity (Wildman–Crippen MR) is 226 cm³/mol. The number of allylic oxidation sites excluding steroid dienone is 5. The Labute approximate surface area is 353 Å². The molecule has 344 valence electrons. The number of unbranched alkanes of at least 4 members (excludes halogenated alkanes) is 16. The summed E-state index contributed by atoms with van der Waals surface area (Å²) in [7, 11) is 0. The van der Waals surface area contributed by atoms with E-state index in [1.54, 1.807) is 6.08 Å². The largest absolute Gasteiger partial charge is 0.394 e. The van der Waals surface area contributed by atoms with Crippen molar-refractivity contribution in [2.24, 2.45) is 0 Å². The van der Waals surface area contributed by atoms with E-state index in [0.29, 0.717) is 12.8 Å². The summed E-state index contributed by atoms with van der Waals surface area (Å²) in [6, 6.07) is -0.931. The van der Waals surface area contributed by atoms with Gasteiger partial charge in [0.25, 0.3) is 0 Å². The standard InChI is InChI=1S/C45H81NO13/c1-3-5-7-9-11-13-15-17-19-21-23-25-27-29-37(50)46-33(34(49)28-26-24-22-20-18-16-14-12-10-8-6-4-2)32-56-44-42(55)40(53)43(36(31-48)58-44)59-45-41(54)39(52)38(51)35(30-47)57-45/h10,12,18,20,26,28,33-36,38-45,47-49,51-55H,3-9,11,13-17,19,21-25,27,29-32H2,1-2H3,(H,46,50)/b12-10+,20-18+,28-26+. The lowest BCUT2D eigenvalue weighted by Gasteiger charge is -2.46. The molecule has 12 unspecified atom stereocenters. The Bertz CT molecular complexity index is 1140. The Morgan fingerprint density at radius 3 is 1.64 bits per heavy atom. The third kappa shape index (κ3) is 21.2. The van der Waals surface area contributed by atoms with E-state index in [1.165, 1.54) is 70.6 Å². The number of amides is 1. The molecule has 0 bridgehead atoms. The molecule has 0 radical (unpaired) electrons. The van der Waals surface area contributed by atoms with Crippen LogP contribution in [0.4, 0.5) is 0 Å². The lowest BCUT2D eigenvalue weighted by Crippen LogP contribution is -2.65. The number of ether oxygens (including phenoxy) is 4. The average molecular weight is 844 g/mol. The molecule has 0 aromatic carbocycles. The van der Waals surface area contributed by atoms with E-state index in [9.17, 15) is 45.6 Å². The molecule has 0 aliphatic carbocycles. The fraction of sp³-hybridized carbons (Fsp3) is 0.844. The second kappa shape index (κ2) is 32.9. The molecule has 59 heavy (non-hydrogen) atoms. The number of hydrogen-bond acceptors (Lipinski definition) is 13. The number of rotatable bonds is 33. The Morgan fingerprint density at radius 1 is 0.593 bits per heavy atom. The molecular formula is C45H81NO13. The number of nitrogens with one attached hydrogen (secondary N) is 1. The monoisotopic (exact) mass is 844 g/mol. The van der Waals surface area contributed by atoms with E-state index in [4.69, 9.17) is 18.9 Å². The minimum Gasteiger partial charge on any atom is -0.394 e. The molecule has 2 aliphatic heterocycles. The second-order valence-electron chi connectivity index (χ2n) is 16.2. The van der Waals surface area contributed by atoms with Gasteiger partial charge in [-0.2, -0.15) is 0 Å². The highest BCUT2D eigenvalue weighted by Gasteiger charge is 2.50. The molecule has 14 nitrogen and oxygen atoms in total. The Balaban J connectivity index is 1.93. The molecule has 0 aromatic heterocycles. The topological polar surface area (TPSA) is 228 Å². The highest BCUT2D eigenvalue weighted by Crippen LogP contribution is 2.30. The van der Waals surface area contributed by atoms with Gasteiger partial charge in [0.05, 0.1) is 32.0 Å². The van der Waals surface area contributed by atoms with Crippen molar-refractivity contribution in [1.29, 1.82) is 0 Å². The van der Waals surface area contributed by atoms with Crippen LogP contribution in [-0.2, 0) is 23.7 Å². The number of hydrogen-bond donors (Lipinski definition) is 9. The van der Waals surface area contributed by atoms with E-state index in [2.05, 4.69) is 43.5 Å². The first kappa shape index (κ1) is 53.3. The summed E-state index contributed by atoms with van der Waals surface area (Å²) < 4.78 is 22.6. The first-order chi connectivity index (χ1) is 28.6. The fourth-order valence-corrected chi connectivity index (χ4v) is 7.25. The zero-order valence-corrected chi connectivity index (χ0v) is 36.0. The molecule has 2 fully saturated rings. The van der Waals surface area contributed by atoms with Gasteiger partial charge in [-0.25, -0.2) is 0 Å². The van der Waals surface area contributed by atoms with Crippen LogP contribution in [-0.4, -0.2) is 140 Å². The lowest BCUT2D eigenvalue weighted by atomic mass is 9.97. The first-order valence-corrected chi connectivity index (χ1v) is 22.7. The normalized spacial score (nSPS) is 28.8. The average Bonchev–Trinajstić information content (AvgIpc) is 3.23. The highest BCUT2D eigenvalue weighted by atomic mass is 16.7. The van der Waals surface area contributed by atoms with Gasteiger partial charge in [0.15, 0.2) is 12.6 Å². The van der Waals surface area contributed by atoms with Crippen LogP contribution in [0.2, 0.25) is 0 Å². The van der Waals surface area contributed by atoms with Crippen molar-refractivity contribution in [2.75, 3.05) is 19.8 Å². The summed E-state index contributed by atoms with van der Waals surface area (Å²) >= 11 is 0. The third-order valence-electron chi connectivity index (χ3n) is 11.1. The van der Waals surface area contributed by atoms with Crippen molar-refractivity contribution < 1.29 is 64.6 Å². The molecule has 2 aliphatic rings. The summed E-state index contributed by atoms with van der Waals surface area (Å²) in [5.74, 6) is -0.257. The minimum atomic E-state index is -1.79.